The third-order valence-corrected chi connectivity index (χ3v) is 5.04. The number of nitrogens with zero attached hydrogens (tertiary/aromatic N) is 2. The zero-order valence-electron chi connectivity index (χ0n) is 20.0. The Labute approximate surface area is 208 Å². The summed E-state index contributed by atoms with van der Waals surface area (Å²) in [4.78, 5) is 13.0. The molecule has 0 heterocycles. The number of carbonyl (C=O) groups is 1. The average Bonchev–Trinajstić information content (AvgIpc) is 2.88. The summed E-state index contributed by atoms with van der Waals surface area (Å²) in [5.74, 6) is -0.521. The number of ketones is 1. The molecule has 0 unspecified atom stereocenters. The Kier molecular flexibility index (Phi) is 8.61. The standard InChI is InChI=1S/C28H26N2O6/c1-18-4-10-21(11-5-18)29-30-28(24(33)14-8-19-6-12-22(31)26(16-19)35-2)25(34)15-9-20-7-13-23(32)27(17-20)36-3/h4-17,31-33H,1-3H3/b14-8+,15-9+,28-24+,30-29?. The van der Waals surface area contributed by atoms with Gasteiger partial charge >= 0.3 is 0 Å². The van der Waals surface area contributed by atoms with E-state index in [9.17, 15) is 20.1 Å². The Balaban J connectivity index is 1.94. The van der Waals surface area contributed by atoms with E-state index in [0.29, 0.717) is 16.8 Å². The first-order valence-electron chi connectivity index (χ1n) is 10.9. The Morgan fingerprint density at radius 1 is 0.806 bits per heavy atom. The minimum absolute atomic E-state index is 0.0202. The van der Waals surface area contributed by atoms with Crippen molar-refractivity contribution in [1.82, 2.24) is 0 Å². The van der Waals surface area contributed by atoms with Crippen LogP contribution in [-0.4, -0.2) is 35.3 Å². The van der Waals surface area contributed by atoms with Gasteiger partial charge < -0.3 is 24.8 Å². The van der Waals surface area contributed by atoms with Gasteiger partial charge in [0.05, 0.1) is 19.9 Å². The Morgan fingerprint density at radius 2 is 1.33 bits per heavy atom. The molecule has 8 nitrogen and oxygen atoms in total. The minimum Gasteiger partial charge on any atom is -0.505 e. The zero-order chi connectivity index (χ0) is 26.1. The van der Waals surface area contributed by atoms with Gasteiger partial charge in [-0.25, -0.2) is 0 Å². The molecule has 0 atom stereocenters. The number of hydrogen-bond acceptors (Lipinski definition) is 8. The van der Waals surface area contributed by atoms with Crippen LogP contribution < -0.4 is 9.47 Å². The first kappa shape index (κ1) is 25.8. The Bertz CT molecular complexity index is 1350. The number of rotatable bonds is 9. The lowest BCUT2D eigenvalue weighted by Crippen LogP contribution is -1.99. The molecule has 3 aromatic carbocycles. The molecule has 36 heavy (non-hydrogen) atoms. The molecule has 0 saturated carbocycles. The Hall–Kier alpha value is -4.85. The summed E-state index contributed by atoms with van der Waals surface area (Å²) < 4.78 is 10.2. The fourth-order valence-electron chi connectivity index (χ4n) is 3.05. The van der Waals surface area contributed by atoms with Crippen molar-refractivity contribution >= 4 is 23.6 Å². The monoisotopic (exact) mass is 486 g/mol. The first-order chi connectivity index (χ1) is 17.3. The van der Waals surface area contributed by atoms with Crippen LogP contribution in [0.15, 0.2) is 94.5 Å². The van der Waals surface area contributed by atoms with Crippen LogP contribution in [0.5, 0.6) is 23.0 Å². The van der Waals surface area contributed by atoms with Crippen LogP contribution in [0, 0.1) is 6.92 Å². The van der Waals surface area contributed by atoms with Crippen molar-refractivity contribution in [2.45, 2.75) is 6.92 Å². The van der Waals surface area contributed by atoms with Gasteiger partial charge in [-0.1, -0.05) is 42.0 Å². The number of aliphatic hydroxyl groups excluding tert-OH is 1. The highest BCUT2D eigenvalue weighted by Gasteiger charge is 2.12. The van der Waals surface area contributed by atoms with Gasteiger partial charge in [-0.05, 0) is 66.6 Å². The molecule has 0 aliphatic heterocycles. The summed E-state index contributed by atoms with van der Waals surface area (Å²) in [5, 5.41) is 38.3. The molecule has 0 saturated heterocycles. The van der Waals surface area contributed by atoms with Gasteiger partial charge in [-0.2, -0.15) is 5.11 Å². The molecule has 0 bridgehead atoms. The summed E-state index contributed by atoms with van der Waals surface area (Å²) >= 11 is 0. The predicted octanol–water partition coefficient (Wildman–Crippen LogP) is 6.27. The van der Waals surface area contributed by atoms with Crippen molar-refractivity contribution in [2.75, 3.05) is 14.2 Å². The van der Waals surface area contributed by atoms with Gasteiger partial charge in [0.2, 0.25) is 5.78 Å². The molecule has 0 fully saturated rings. The number of azo groups is 1. The number of hydrogen-bond donors (Lipinski definition) is 3. The second-order valence-corrected chi connectivity index (χ2v) is 7.66. The normalized spacial score (nSPS) is 12.3. The number of methoxy groups -OCH3 is 2. The highest BCUT2D eigenvalue weighted by Crippen LogP contribution is 2.28. The number of aliphatic hydroxyl groups is 1. The lowest BCUT2D eigenvalue weighted by Gasteiger charge is -2.04. The quantitative estimate of drug-likeness (QED) is 0.142. The lowest BCUT2D eigenvalue weighted by atomic mass is 10.1. The topological polar surface area (TPSA) is 121 Å². The average molecular weight is 487 g/mol. The van der Waals surface area contributed by atoms with Gasteiger partial charge in [0.15, 0.2) is 28.7 Å². The van der Waals surface area contributed by atoms with Gasteiger partial charge in [-0.15, -0.1) is 5.11 Å². The van der Waals surface area contributed by atoms with Crippen LogP contribution >= 0.6 is 0 Å². The first-order valence-corrected chi connectivity index (χ1v) is 10.9. The van der Waals surface area contributed by atoms with Crippen molar-refractivity contribution in [3.8, 4) is 23.0 Å². The SMILES string of the molecule is COc1cc(/C=C/C(=O)/C(N=Nc2ccc(C)cc2)=C(O)/C=C/c2ccc(O)c(OC)c2)ccc1O. The largest absolute Gasteiger partial charge is 0.505 e. The summed E-state index contributed by atoms with van der Waals surface area (Å²) in [6.07, 6.45) is 5.60. The maximum atomic E-state index is 13.0. The van der Waals surface area contributed by atoms with E-state index in [0.717, 1.165) is 5.56 Å². The molecule has 0 aliphatic rings. The summed E-state index contributed by atoms with van der Waals surface area (Å²) in [6.45, 7) is 1.94. The van der Waals surface area contributed by atoms with E-state index < -0.39 is 11.5 Å². The summed E-state index contributed by atoms with van der Waals surface area (Å²) in [6, 6.07) is 16.5. The zero-order valence-corrected chi connectivity index (χ0v) is 20.0. The van der Waals surface area contributed by atoms with Crippen LogP contribution in [0.4, 0.5) is 5.69 Å². The highest BCUT2D eigenvalue weighted by molar-refractivity contribution is 6.06. The van der Waals surface area contributed by atoms with E-state index in [4.69, 9.17) is 9.47 Å². The smallest absolute Gasteiger partial charge is 0.209 e. The van der Waals surface area contributed by atoms with Crippen molar-refractivity contribution < 1.29 is 29.6 Å². The maximum Gasteiger partial charge on any atom is 0.209 e. The molecule has 0 spiro atoms. The number of phenolic OH excluding ortho intramolecular Hbond substituents is 2. The second-order valence-electron chi connectivity index (χ2n) is 7.66. The third-order valence-electron chi connectivity index (χ3n) is 5.04. The van der Waals surface area contributed by atoms with E-state index >= 15 is 0 Å². The number of phenols is 2. The lowest BCUT2D eigenvalue weighted by molar-refractivity contribution is -0.111. The number of benzene rings is 3. The predicted molar refractivity (Wildman–Crippen MR) is 138 cm³/mol. The van der Waals surface area contributed by atoms with Crippen LogP contribution in [0.2, 0.25) is 0 Å². The summed E-state index contributed by atoms with van der Waals surface area (Å²) in [5.41, 5.74) is 2.49. The molecule has 3 N–H and O–H groups in total. The molecule has 0 aromatic heterocycles. The molecule has 3 rings (SSSR count). The number of aryl methyl sites for hydroxylation is 1. The van der Waals surface area contributed by atoms with Crippen LogP contribution in [0.1, 0.15) is 16.7 Å². The fraction of sp³-hybridized carbons (Fsp3) is 0.107. The molecule has 0 amide bonds. The summed E-state index contributed by atoms with van der Waals surface area (Å²) in [7, 11) is 2.85. The molecule has 0 radical (unpaired) electrons. The number of aromatic hydroxyl groups is 2. The van der Waals surface area contributed by atoms with E-state index in [1.54, 1.807) is 42.5 Å². The minimum atomic E-state index is -0.594. The second kappa shape index (κ2) is 12.0. The van der Waals surface area contributed by atoms with Gasteiger partial charge in [-0.3, -0.25) is 4.79 Å². The maximum absolute atomic E-state index is 13.0. The molecule has 8 heteroatoms. The van der Waals surface area contributed by atoms with Crippen molar-refractivity contribution in [2.24, 2.45) is 10.2 Å². The van der Waals surface area contributed by atoms with E-state index in [1.807, 2.05) is 19.1 Å². The molecule has 184 valence electrons. The van der Waals surface area contributed by atoms with Crippen molar-refractivity contribution in [3.63, 3.8) is 0 Å². The van der Waals surface area contributed by atoms with Crippen LogP contribution in [0.3, 0.4) is 0 Å². The molecular formula is C28H26N2O6. The van der Waals surface area contributed by atoms with E-state index in [2.05, 4.69) is 10.2 Å². The number of ether oxygens (including phenoxy) is 2. The fourth-order valence-corrected chi connectivity index (χ4v) is 3.05. The van der Waals surface area contributed by atoms with Crippen molar-refractivity contribution in [1.29, 1.82) is 0 Å². The highest BCUT2D eigenvalue weighted by atomic mass is 16.5. The molecule has 0 aliphatic carbocycles. The number of carbonyl (C=O) groups excluding carboxylic acids is 1. The molecule has 3 aromatic rings. The third kappa shape index (κ3) is 6.83. The van der Waals surface area contributed by atoms with Gasteiger partial charge in [0.1, 0.15) is 5.76 Å². The molecular weight excluding hydrogens is 460 g/mol. The van der Waals surface area contributed by atoms with E-state index in [1.165, 1.54) is 44.6 Å². The van der Waals surface area contributed by atoms with Crippen molar-refractivity contribution in [3.05, 3.63) is 101 Å². The number of allylic oxidation sites excluding steroid dienone is 2. The van der Waals surface area contributed by atoms with Gasteiger partial charge in [0, 0.05) is 0 Å². The van der Waals surface area contributed by atoms with Crippen LogP contribution in [-0.2, 0) is 4.79 Å². The Morgan fingerprint density at radius 3 is 1.86 bits per heavy atom. The van der Waals surface area contributed by atoms with Crippen LogP contribution in [0.25, 0.3) is 12.2 Å². The van der Waals surface area contributed by atoms with Gasteiger partial charge in [0.25, 0.3) is 0 Å². The van der Waals surface area contributed by atoms with E-state index in [-0.39, 0.29) is 28.7 Å².